The quantitative estimate of drug-likeness (QED) is 0.514. The fraction of sp³-hybridized carbons (Fsp3) is 0.458. The van der Waals surface area contributed by atoms with Crippen LogP contribution in [0.1, 0.15) is 36.1 Å². The van der Waals surface area contributed by atoms with Crippen molar-refractivity contribution in [2.45, 2.75) is 38.5 Å². The van der Waals surface area contributed by atoms with Crippen LogP contribution in [0, 0.1) is 5.92 Å². The molecule has 8 heteroatoms. The number of ketones is 1. The molecule has 1 fully saturated rings. The Hall–Kier alpha value is -3.29. The molecule has 0 amide bonds. The molecule has 0 saturated heterocycles. The summed E-state index contributed by atoms with van der Waals surface area (Å²) in [7, 11) is 3.78. The number of carbonyl (C=O) groups is 1. The second-order valence-corrected chi connectivity index (χ2v) is 8.87. The number of rotatable bonds is 9. The first-order valence-corrected chi connectivity index (χ1v) is 11.2. The number of fused-ring (bicyclic) bond motifs is 1. The molecule has 5 rings (SSSR count). The van der Waals surface area contributed by atoms with Gasteiger partial charge in [-0.1, -0.05) is 0 Å². The molecule has 0 atom stereocenters. The van der Waals surface area contributed by atoms with E-state index in [0.29, 0.717) is 23.9 Å². The summed E-state index contributed by atoms with van der Waals surface area (Å²) in [4.78, 5) is 28.8. The number of likely N-dealkylation sites (N-methyl/N-ethyl adjacent to an activating group) is 1. The Kier molecular flexibility index (Phi) is 5.59. The first-order valence-electron chi connectivity index (χ1n) is 11.2. The number of hydrogen-bond donors (Lipinski definition) is 0. The zero-order valence-corrected chi connectivity index (χ0v) is 18.6. The minimum atomic E-state index is 0.126. The van der Waals surface area contributed by atoms with E-state index in [0.717, 1.165) is 54.3 Å². The zero-order valence-electron chi connectivity index (χ0n) is 18.6. The highest BCUT2D eigenvalue weighted by Crippen LogP contribution is 2.32. The number of Topliss-reactive ketones (excluding diaryl/α,β-unsaturated/α-hetero) is 1. The summed E-state index contributed by atoms with van der Waals surface area (Å²) in [5, 5.41) is 4.15. The summed E-state index contributed by atoms with van der Waals surface area (Å²) in [6.07, 6.45) is 11.1. The number of carbonyl (C=O) groups excluding carboxylic acids is 1. The Labute approximate surface area is 187 Å². The lowest BCUT2D eigenvalue weighted by molar-refractivity contribution is -0.117. The number of pyridine rings is 1. The number of ether oxygens (including phenoxy) is 1. The van der Waals surface area contributed by atoms with Crippen LogP contribution in [0.2, 0.25) is 0 Å². The lowest BCUT2D eigenvalue weighted by Crippen LogP contribution is -2.28. The third kappa shape index (κ3) is 4.64. The second kappa shape index (κ2) is 8.68. The molecule has 2 aliphatic rings. The van der Waals surface area contributed by atoms with Gasteiger partial charge in [0.15, 0.2) is 11.6 Å². The molecular weight excluding hydrogens is 404 g/mol. The first kappa shape index (κ1) is 20.6. The highest BCUT2D eigenvalue weighted by atomic mass is 16.5. The molecule has 0 unspecified atom stereocenters. The fourth-order valence-electron chi connectivity index (χ4n) is 4.15. The minimum absolute atomic E-state index is 0.126. The first-order chi connectivity index (χ1) is 15.5. The number of aryl methyl sites for hydroxylation is 2. The van der Waals surface area contributed by atoms with Gasteiger partial charge in [0.2, 0.25) is 0 Å². The van der Waals surface area contributed by atoms with Gasteiger partial charge in [0.25, 0.3) is 0 Å². The van der Waals surface area contributed by atoms with E-state index in [1.807, 2.05) is 37.3 Å². The summed E-state index contributed by atoms with van der Waals surface area (Å²) in [6, 6.07) is 3.79. The highest BCUT2D eigenvalue weighted by Gasteiger charge is 2.24. The van der Waals surface area contributed by atoms with E-state index in [2.05, 4.69) is 10.1 Å². The second-order valence-electron chi connectivity index (χ2n) is 8.87. The smallest absolute Gasteiger partial charge is 0.180 e. The third-order valence-corrected chi connectivity index (χ3v) is 5.99. The maximum atomic E-state index is 12.7. The van der Waals surface area contributed by atoms with Crippen LogP contribution in [0.15, 0.2) is 30.7 Å². The van der Waals surface area contributed by atoms with Gasteiger partial charge >= 0.3 is 0 Å². The molecule has 0 radical (unpaired) electrons. The number of nitrogens with zero attached hydrogens (tertiary/aromatic N) is 6. The average Bonchev–Trinajstić information content (AvgIpc) is 3.34. The van der Waals surface area contributed by atoms with E-state index < -0.39 is 0 Å². The zero-order chi connectivity index (χ0) is 22.1. The van der Waals surface area contributed by atoms with E-state index in [1.54, 1.807) is 17.1 Å². The largest absolute Gasteiger partial charge is 0.493 e. The Bertz CT molecular complexity index is 1140. The molecule has 0 aromatic carbocycles. The van der Waals surface area contributed by atoms with E-state index in [1.165, 1.54) is 12.8 Å². The Balaban J connectivity index is 1.37. The van der Waals surface area contributed by atoms with Gasteiger partial charge in [0.05, 0.1) is 19.3 Å². The van der Waals surface area contributed by atoms with Crippen molar-refractivity contribution in [2.75, 3.05) is 25.1 Å². The molecule has 0 aliphatic heterocycles. The van der Waals surface area contributed by atoms with Crippen molar-refractivity contribution in [3.05, 3.63) is 47.5 Å². The lowest BCUT2D eigenvalue weighted by Gasteiger charge is -2.21. The van der Waals surface area contributed by atoms with Gasteiger partial charge in [-0.15, -0.1) is 0 Å². The van der Waals surface area contributed by atoms with Crippen LogP contribution in [0.4, 0.5) is 5.82 Å². The number of anilines is 1. The van der Waals surface area contributed by atoms with Gasteiger partial charge in [-0.25, -0.2) is 9.97 Å². The monoisotopic (exact) mass is 432 g/mol. The van der Waals surface area contributed by atoms with Gasteiger partial charge in [0.1, 0.15) is 17.3 Å². The predicted octanol–water partition coefficient (Wildman–Crippen LogP) is 2.80. The average molecular weight is 433 g/mol. The molecule has 32 heavy (non-hydrogen) atoms. The third-order valence-electron chi connectivity index (χ3n) is 5.99. The molecular formula is C24H28N6O2. The van der Waals surface area contributed by atoms with Crippen molar-refractivity contribution < 1.29 is 9.53 Å². The summed E-state index contributed by atoms with van der Waals surface area (Å²) in [6.45, 7) is 1.04. The maximum absolute atomic E-state index is 12.7. The molecule has 0 N–H and O–H groups in total. The van der Waals surface area contributed by atoms with Crippen LogP contribution < -0.4 is 9.64 Å². The van der Waals surface area contributed by atoms with Crippen LogP contribution in [-0.4, -0.2) is 50.7 Å². The van der Waals surface area contributed by atoms with Crippen molar-refractivity contribution in [3.8, 4) is 17.3 Å². The molecule has 3 aromatic rings. The molecule has 8 nitrogen and oxygen atoms in total. The predicted molar refractivity (Wildman–Crippen MR) is 121 cm³/mol. The van der Waals surface area contributed by atoms with Crippen molar-refractivity contribution in [3.63, 3.8) is 0 Å². The van der Waals surface area contributed by atoms with Crippen molar-refractivity contribution in [2.24, 2.45) is 13.0 Å². The van der Waals surface area contributed by atoms with E-state index in [-0.39, 0.29) is 12.3 Å². The fourth-order valence-corrected chi connectivity index (χ4v) is 4.15. The van der Waals surface area contributed by atoms with Gasteiger partial charge in [-0.3, -0.25) is 14.5 Å². The summed E-state index contributed by atoms with van der Waals surface area (Å²) in [5.74, 6) is 3.03. The minimum Gasteiger partial charge on any atom is -0.493 e. The maximum Gasteiger partial charge on any atom is 0.180 e. The normalized spacial score (nSPS) is 14.9. The van der Waals surface area contributed by atoms with Crippen molar-refractivity contribution >= 4 is 11.6 Å². The molecule has 166 valence electrons. The topological polar surface area (TPSA) is 86.0 Å². The Morgan fingerprint density at radius 2 is 2.16 bits per heavy atom. The van der Waals surface area contributed by atoms with Gasteiger partial charge < -0.3 is 9.64 Å². The SMILES string of the molecule is CN(CC(=O)Cc1cnn(C)c1)c1nc(-c2cc(OCC3CC3)ccn2)nc2c1CCC2. The van der Waals surface area contributed by atoms with E-state index in [9.17, 15) is 4.79 Å². The molecule has 3 aromatic heterocycles. The van der Waals surface area contributed by atoms with Crippen LogP contribution in [-0.2, 0) is 31.1 Å². The Morgan fingerprint density at radius 1 is 1.28 bits per heavy atom. The number of hydrogen-bond acceptors (Lipinski definition) is 7. The summed E-state index contributed by atoms with van der Waals surface area (Å²) >= 11 is 0. The van der Waals surface area contributed by atoms with Crippen LogP contribution in [0.25, 0.3) is 11.5 Å². The van der Waals surface area contributed by atoms with Crippen LogP contribution in [0.3, 0.4) is 0 Å². The van der Waals surface area contributed by atoms with Gasteiger partial charge in [0, 0.05) is 50.2 Å². The summed E-state index contributed by atoms with van der Waals surface area (Å²) in [5.41, 5.74) is 3.82. The highest BCUT2D eigenvalue weighted by molar-refractivity contribution is 5.85. The van der Waals surface area contributed by atoms with Crippen molar-refractivity contribution in [1.82, 2.24) is 24.7 Å². The molecule has 0 spiro atoms. The van der Waals surface area contributed by atoms with Crippen LogP contribution in [0.5, 0.6) is 5.75 Å². The van der Waals surface area contributed by atoms with E-state index >= 15 is 0 Å². The summed E-state index contributed by atoms with van der Waals surface area (Å²) < 4.78 is 7.63. The van der Waals surface area contributed by atoms with Gasteiger partial charge in [-0.05, 0) is 49.7 Å². The molecule has 0 bridgehead atoms. The number of aromatic nitrogens is 5. The molecule has 1 saturated carbocycles. The van der Waals surface area contributed by atoms with E-state index in [4.69, 9.17) is 14.7 Å². The standard InChI is InChI=1S/C24H28N6O2/c1-29(14-18(31)10-17-12-26-30(2)13-17)24-20-4-3-5-21(20)27-23(28-24)22-11-19(8-9-25-22)32-15-16-6-7-16/h8-9,11-13,16H,3-7,10,14-15H2,1-2H3. The lowest BCUT2D eigenvalue weighted by atomic mass is 10.1. The van der Waals surface area contributed by atoms with Crippen LogP contribution >= 0.6 is 0 Å². The molecule has 2 aliphatic carbocycles. The Morgan fingerprint density at radius 3 is 2.94 bits per heavy atom. The van der Waals surface area contributed by atoms with Gasteiger partial charge in [-0.2, -0.15) is 5.10 Å². The molecule has 3 heterocycles. The van der Waals surface area contributed by atoms with Crippen molar-refractivity contribution in [1.29, 1.82) is 0 Å².